The van der Waals surface area contributed by atoms with E-state index in [9.17, 15) is 13.2 Å². The van der Waals surface area contributed by atoms with E-state index in [0.29, 0.717) is 67.9 Å². The van der Waals surface area contributed by atoms with E-state index >= 15 is 0 Å². The van der Waals surface area contributed by atoms with Crippen molar-refractivity contribution in [1.82, 2.24) is 25.2 Å². The average Bonchev–Trinajstić information content (AvgIpc) is 3.36. The molecule has 202 valence electrons. The summed E-state index contributed by atoms with van der Waals surface area (Å²) >= 11 is 0. The number of pyridine rings is 1. The van der Waals surface area contributed by atoms with Gasteiger partial charge in [-0.2, -0.15) is 0 Å². The molecule has 0 radical (unpaired) electrons. The van der Waals surface area contributed by atoms with Crippen molar-refractivity contribution >= 4 is 27.5 Å². The number of nitrogens with zero attached hydrogens (tertiary/aromatic N) is 5. The van der Waals surface area contributed by atoms with Gasteiger partial charge in [-0.3, -0.25) is 5.32 Å². The highest BCUT2D eigenvalue weighted by atomic mass is 32.2. The van der Waals surface area contributed by atoms with Crippen LogP contribution in [0.15, 0.2) is 24.4 Å². The number of urea groups is 1. The summed E-state index contributed by atoms with van der Waals surface area (Å²) in [6, 6.07) is 5.09. The first-order valence-corrected chi connectivity index (χ1v) is 14.6. The van der Waals surface area contributed by atoms with E-state index in [1.807, 2.05) is 25.1 Å². The fourth-order valence-electron chi connectivity index (χ4n) is 4.93. The molecule has 2 aromatic rings. The van der Waals surface area contributed by atoms with Crippen molar-refractivity contribution in [2.45, 2.75) is 43.4 Å². The van der Waals surface area contributed by atoms with E-state index in [0.717, 1.165) is 19.4 Å². The topological polar surface area (TPSA) is 130 Å². The van der Waals surface area contributed by atoms with E-state index in [1.165, 1.54) is 6.26 Å². The number of morpholine rings is 1. The molecule has 1 saturated heterocycles. The van der Waals surface area contributed by atoms with Crippen LogP contribution in [0.4, 0.5) is 16.4 Å². The van der Waals surface area contributed by atoms with Gasteiger partial charge in [0, 0.05) is 43.7 Å². The summed E-state index contributed by atoms with van der Waals surface area (Å²) in [5.41, 5.74) is 1.18. The molecule has 0 spiro atoms. The molecule has 2 amide bonds. The Morgan fingerprint density at radius 1 is 1.24 bits per heavy atom. The Morgan fingerprint density at radius 3 is 2.62 bits per heavy atom. The summed E-state index contributed by atoms with van der Waals surface area (Å²) in [6.45, 7) is 5.12. The van der Waals surface area contributed by atoms with Gasteiger partial charge in [0.15, 0.2) is 15.7 Å². The zero-order chi connectivity index (χ0) is 26.6. The number of likely N-dealkylation sites (N-methyl/N-ethyl adjacent to an activating group) is 1. The first-order chi connectivity index (χ1) is 17.6. The Bertz CT molecular complexity index is 1200. The van der Waals surface area contributed by atoms with Gasteiger partial charge in [0.25, 0.3) is 0 Å². The monoisotopic (exact) mass is 531 g/mol. The van der Waals surface area contributed by atoms with E-state index in [2.05, 4.69) is 27.4 Å². The molecule has 3 heterocycles. The van der Waals surface area contributed by atoms with Crippen LogP contribution in [0.25, 0.3) is 11.4 Å². The predicted octanol–water partition coefficient (Wildman–Crippen LogP) is 2.26. The van der Waals surface area contributed by atoms with Crippen LogP contribution >= 0.6 is 0 Å². The highest BCUT2D eigenvalue weighted by Crippen LogP contribution is 2.45. The van der Waals surface area contributed by atoms with Crippen molar-refractivity contribution in [3.05, 3.63) is 30.1 Å². The zero-order valence-electron chi connectivity index (χ0n) is 22.0. The van der Waals surface area contributed by atoms with E-state index in [1.54, 1.807) is 18.3 Å². The lowest BCUT2D eigenvalue weighted by Crippen LogP contribution is -2.44. The minimum absolute atomic E-state index is 0.0952. The molecule has 12 heteroatoms. The fourth-order valence-corrected chi connectivity index (χ4v) is 6.44. The van der Waals surface area contributed by atoms with Crippen molar-refractivity contribution in [2.24, 2.45) is 0 Å². The normalized spacial score (nSPS) is 19.7. The Balaban J connectivity index is 1.66. The second-order valence-corrected chi connectivity index (χ2v) is 12.5. The minimum atomic E-state index is -3.42. The number of rotatable bonds is 8. The standard InChI is InChI=1S/C25H37N7O4S/c1-18-17-36-14-13-32(18)22-15-20(25(37(4,34)35)9-5-6-10-25)28-23(30-22)19-7-8-21(27-16-19)29-24(33)26-11-12-31(2)3/h7-8,15-16,18H,5-6,9-14,17H2,1-4H3,(H2,26,27,29,33)/t18-/m0/s1. The molecule has 2 N–H and O–H groups in total. The number of ether oxygens (including phenoxy) is 1. The Labute approximate surface area is 218 Å². The van der Waals surface area contributed by atoms with Gasteiger partial charge in [-0.25, -0.2) is 28.2 Å². The Kier molecular flexibility index (Phi) is 8.29. The molecule has 0 bridgehead atoms. The first kappa shape index (κ1) is 27.2. The van der Waals surface area contributed by atoms with Gasteiger partial charge in [0.1, 0.15) is 16.4 Å². The number of anilines is 2. The summed E-state index contributed by atoms with van der Waals surface area (Å²) < 4.78 is 30.7. The maximum Gasteiger partial charge on any atom is 0.320 e. The summed E-state index contributed by atoms with van der Waals surface area (Å²) in [5, 5.41) is 5.51. The zero-order valence-corrected chi connectivity index (χ0v) is 22.8. The van der Waals surface area contributed by atoms with Crippen LogP contribution in [-0.4, -0.2) is 93.5 Å². The molecule has 4 rings (SSSR count). The molecule has 1 aliphatic carbocycles. The molecular formula is C25H37N7O4S. The molecule has 2 aliphatic rings. The van der Waals surface area contributed by atoms with Crippen LogP contribution in [0.2, 0.25) is 0 Å². The number of sulfone groups is 1. The maximum absolute atomic E-state index is 13.1. The van der Waals surface area contributed by atoms with Crippen LogP contribution in [0.3, 0.4) is 0 Å². The first-order valence-electron chi connectivity index (χ1n) is 12.7. The van der Waals surface area contributed by atoms with Crippen LogP contribution in [0.1, 0.15) is 38.3 Å². The number of hydrogen-bond donors (Lipinski definition) is 2. The number of carbonyl (C=O) groups excluding carboxylic acids is 1. The van der Waals surface area contributed by atoms with Gasteiger partial charge in [0.05, 0.1) is 24.9 Å². The van der Waals surface area contributed by atoms with Gasteiger partial charge in [-0.15, -0.1) is 0 Å². The molecule has 0 aromatic carbocycles. The van der Waals surface area contributed by atoms with Crippen molar-refractivity contribution in [2.75, 3.05) is 63.4 Å². The van der Waals surface area contributed by atoms with Crippen LogP contribution in [-0.2, 0) is 19.3 Å². The van der Waals surface area contributed by atoms with E-state index in [-0.39, 0.29) is 12.1 Å². The lowest BCUT2D eigenvalue weighted by atomic mass is 10.0. The van der Waals surface area contributed by atoms with Crippen LogP contribution in [0.5, 0.6) is 0 Å². The summed E-state index contributed by atoms with van der Waals surface area (Å²) in [5.74, 6) is 1.50. The lowest BCUT2D eigenvalue weighted by Gasteiger charge is -2.35. The van der Waals surface area contributed by atoms with Gasteiger partial charge >= 0.3 is 6.03 Å². The number of carbonyl (C=O) groups is 1. The third-order valence-corrected chi connectivity index (χ3v) is 9.11. The van der Waals surface area contributed by atoms with E-state index in [4.69, 9.17) is 14.7 Å². The average molecular weight is 532 g/mol. The number of aromatic nitrogens is 3. The summed E-state index contributed by atoms with van der Waals surface area (Å²) in [7, 11) is 0.457. The van der Waals surface area contributed by atoms with Crippen LogP contribution in [0, 0.1) is 0 Å². The smallest absolute Gasteiger partial charge is 0.320 e. The number of amides is 2. The molecule has 0 unspecified atom stereocenters. The van der Waals surface area contributed by atoms with E-state index < -0.39 is 14.6 Å². The van der Waals surface area contributed by atoms with Crippen molar-refractivity contribution < 1.29 is 17.9 Å². The third-order valence-electron chi connectivity index (χ3n) is 7.07. The molecular weight excluding hydrogens is 494 g/mol. The van der Waals surface area contributed by atoms with Crippen molar-refractivity contribution in [3.8, 4) is 11.4 Å². The number of nitrogens with one attached hydrogen (secondary N) is 2. The Hall–Kier alpha value is -2.83. The second-order valence-electron chi connectivity index (χ2n) is 10.1. The predicted molar refractivity (Wildman–Crippen MR) is 143 cm³/mol. The molecule has 1 saturated carbocycles. The quantitative estimate of drug-likeness (QED) is 0.527. The van der Waals surface area contributed by atoms with Gasteiger partial charge < -0.3 is 19.9 Å². The molecule has 11 nitrogen and oxygen atoms in total. The molecule has 1 atom stereocenters. The van der Waals surface area contributed by atoms with Crippen LogP contribution < -0.4 is 15.5 Å². The fraction of sp³-hybridized carbons (Fsp3) is 0.600. The van der Waals surface area contributed by atoms with Gasteiger partial charge in [-0.1, -0.05) is 12.8 Å². The Morgan fingerprint density at radius 2 is 2.00 bits per heavy atom. The van der Waals surface area contributed by atoms with Crippen molar-refractivity contribution in [3.63, 3.8) is 0 Å². The minimum Gasteiger partial charge on any atom is -0.377 e. The van der Waals surface area contributed by atoms with Gasteiger partial charge in [0.2, 0.25) is 0 Å². The molecule has 2 aromatic heterocycles. The lowest BCUT2D eigenvalue weighted by molar-refractivity contribution is 0.0985. The maximum atomic E-state index is 13.1. The second kappa shape index (κ2) is 11.3. The SMILES string of the molecule is C[C@H]1COCCN1c1cc(C2(S(C)(=O)=O)CCCC2)nc(-c2ccc(NC(=O)NCCN(C)C)nc2)n1. The number of hydrogen-bond acceptors (Lipinski definition) is 9. The highest BCUT2D eigenvalue weighted by Gasteiger charge is 2.47. The molecule has 2 fully saturated rings. The van der Waals surface area contributed by atoms with Gasteiger partial charge in [-0.05, 0) is 46.0 Å². The molecule has 1 aliphatic heterocycles. The summed E-state index contributed by atoms with van der Waals surface area (Å²) in [6.07, 6.45) is 5.68. The highest BCUT2D eigenvalue weighted by molar-refractivity contribution is 7.91. The third kappa shape index (κ3) is 6.19. The molecule has 37 heavy (non-hydrogen) atoms. The summed E-state index contributed by atoms with van der Waals surface area (Å²) in [4.78, 5) is 30.3. The van der Waals surface area contributed by atoms with Crippen molar-refractivity contribution in [1.29, 1.82) is 0 Å². The largest absolute Gasteiger partial charge is 0.377 e.